The van der Waals surface area contributed by atoms with Crippen LogP contribution in [0.25, 0.3) is 33.1 Å². The minimum atomic E-state index is -0.470. The van der Waals surface area contributed by atoms with Gasteiger partial charge >= 0.3 is 0 Å². The lowest BCUT2D eigenvalue weighted by Gasteiger charge is -2.32. The summed E-state index contributed by atoms with van der Waals surface area (Å²) in [6, 6.07) is 16.4. The lowest BCUT2D eigenvalue weighted by molar-refractivity contribution is -0.134. The summed E-state index contributed by atoms with van der Waals surface area (Å²) < 4.78 is 19.0. The topological polar surface area (TPSA) is 158 Å². The highest BCUT2D eigenvalue weighted by atomic mass is 16.5. The Balaban J connectivity index is 0.955. The van der Waals surface area contributed by atoms with Gasteiger partial charge in [0.05, 0.1) is 55.5 Å². The van der Waals surface area contributed by atoms with E-state index in [0.717, 1.165) is 27.7 Å². The molecule has 13 nitrogen and oxygen atoms in total. The first-order valence-electron chi connectivity index (χ1n) is 17.4. The van der Waals surface area contributed by atoms with Crippen LogP contribution in [0.4, 0.5) is 11.4 Å². The molecule has 2 aliphatic heterocycles. The Hall–Kier alpha value is -6.94. The number of hydrogen-bond acceptors (Lipinski definition) is 10. The van der Waals surface area contributed by atoms with Crippen LogP contribution in [-0.2, 0) is 16.6 Å². The first-order valence-corrected chi connectivity index (χ1v) is 17.4. The van der Waals surface area contributed by atoms with Gasteiger partial charge in [-0.25, -0.2) is 0 Å². The molecule has 0 radical (unpaired) electrons. The number of methoxy groups -OCH3 is 1. The fourth-order valence-corrected chi connectivity index (χ4v) is 6.97. The minimum Gasteiger partial charge on any atom is -0.497 e. The lowest BCUT2D eigenvalue weighted by atomic mass is 9.90. The zero-order valence-electron chi connectivity index (χ0n) is 29.7. The highest BCUT2D eigenvalue weighted by molar-refractivity contribution is 6.03. The number of piperidine rings is 1. The van der Waals surface area contributed by atoms with Gasteiger partial charge in [0.15, 0.2) is 0 Å². The van der Waals surface area contributed by atoms with E-state index in [1.807, 2.05) is 37.3 Å². The molecule has 13 heteroatoms. The average Bonchev–Trinajstić information content (AvgIpc) is 3.61. The molecule has 2 aliphatic rings. The van der Waals surface area contributed by atoms with E-state index >= 15 is 0 Å². The average molecular weight is 723 g/mol. The number of carbonyl (C=O) groups is 3. The molecule has 0 bridgehead atoms. The van der Waals surface area contributed by atoms with Crippen LogP contribution >= 0.6 is 0 Å². The smallest absolute Gasteiger partial charge is 0.270 e. The second kappa shape index (κ2) is 13.9. The monoisotopic (exact) mass is 722 g/mol. The predicted octanol–water partition coefficient (Wildman–Crippen LogP) is 4.89. The maximum atomic E-state index is 12.9. The van der Waals surface area contributed by atoms with Gasteiger partial charge in [0.1, 0.15) is 35.1 Å². The van der Waals surface area contributed by atoms with Crippen molar-refractivity contribution >= 4 is 51.0 Å². The largest absolute Gasteiger partial charge is 0.497 e. The van der Waals surface area contributed by atoms with Gasteiger partial charge < -0.3 is 28.7 Å². The number of fused-ring (bicyclic) bond motifs is 3. The number of pyridine rings is 3. The molecule has 0 saturated carbocycles. The van der Waals surface area contributed by atoms with Crippen LogP contribution in [0.1, 0.15) is 45.9 Å². The Morgan fingerprint density at radius 1 is 1.04 bits per heavy atom. The van der Waals surface area contributed by atoms with E-state index < -0.39 is 5.92 Å². The molecule has 6 aromatic rings. The van der Waals surface area contributed by atoms with Crippen LogP contribution in [0.5, 0.6) is 11.5 Å². The third-order valence-electron chi connectivity index (χ3n) is 9.79. The van der Waals surface area contributed by atoms with Crippen molar-refractivity contribution in [2.45, 2.75) is 25.7 Å². The van der Waals surface area contributed by atoms with Crippen LogP contribution < -0.4 is 30.6 Å². The Kier molecular flexibility index (Phi) is 8.79. The van der Waals surface area contributed by atoms with Gasteiger partial charge in [0.2, 0.25) is 11.8 Å². The number of benzene rings is 2. The summed E-state index contributed by atoms with van der Waals surface area (Å²) in [5, 5.41) is 6.84. The number of carbonyl (C=O) groups excluding carboxylic acids is 3. The first kappa shape index (κ1) is 34.2. The normalized spacial score (nSPS) is 15.2. The first-order chi connectivity index (χ1) is 26.2. The van der Waals surface area contributed by atoms with Gasteiger partial charge in [-0.1, -0.05) is 11.8 Å². The number of amides is 3. The molecule has 2 aromatic carbocycles. The van der Waals surface area contributed by atoms with Crippen molar-refractivity contribution in [2.24, 2.45) is 7.05 Å². The fraction of sp³-hybridized carbons (Fsp3) is 0.220. The minimum absolute atomic E-state index is 0.0643. The van der Waals surface area contributed by atoms with Crippen LogP contribution in [0.3, 0.4) is 0 Å². The molecule has 1 atom stereocenters. The molecule has 54 heavy (non-hydrogen) atoms. The van der Waals surface area contributed by atoms with E-state index in [2.05, 4.69) is 32.4 Å². The maximum absolute atomic E-state index is 12.9. The van der Waals surface area contributed by atoms with Crippen molar-refractivity contribution in [2.75, 3.05) is 31.7 Å². The van der Waals surface area contributed by atoms with Crippen molar-refractivity contribution in [3.05, 3.63) is 106 Å². The van der Waals surface area contributed by atoms with Crippen LogP contribution in [0.2, 0.25) is 0 Å². The van der Waals surface area contributed by atoms with Crippen molar-refractivity contribution in [3.8, 4) is 34.6 Å². The van der Waals surface area contributed by atoms with Gasteiger partial charge in [-0.05, 0) is 49.7 Å². The summed E-state index contributed by atoms with van der Waals surface area (Å²) in [6.07, 6.45) is 5.59. The molecule has 1 unspecified atom stereocenters. The molecule has 1 saturated heterocycles. The summed E-state index contributed by atoms with van der Waals surface area (Å²) in [5.41, 5.74) is 6.58. The molecule has 1 fully saturated rings. The molecule has 0 spiro atoms. The van der Waals surface area contributed by atoms with Gasteiger partial charge in [0, 0.05) is 70.9 Å². The number of ether oxygens (including phenoxy) is 2. The Morgan fingerprint density at radius 3 is 2.70 bits per heavy atom. The van der Waals surface area contributed by atoms with Gasteiger partial charge in [0.25, 0.3) is 11.5 Å². The molecule has 0 aliphatic carbocycles. The molecular formula is C41H34N6O7. The molecule has 4 aromatic heterocycles. The standard InChI is InChI=1S/C41H34N6O7/c1-23-15-29-33(46(2)41(23)51)17-26(52-3)18-34(29)47-13-14-53-37-19-32(44-21-35(37)47)25-7-9-31(43-20-25)40(50)42-12-4-5-24-6-10-36-28(16-24)30(22-54-36)27-8-11-38(48)45-39(27)49/h6-7,9-10,15-22,27H,8,11-14H2,1-3H3,(H,42,50)(H,45,48,49). The number of nitrogens with zero attached hydrogens (tertiary/aromatic N) is 4. The Bertz CT molecular complexity index is 2630. The highest BCUT2D eigenvalue weighted by Gasteiger charge is 2.30. The van der Waals surface area contributed by atoms with Crippen molar-refractivity contribution in [1.82, 2.24) is 25.2 Å². The summed E-state index contributed by atoms with van der Waals surface area (Å²) in [6.45, 7) is 2.90. The SMILES string of the molecule is COc1cc(N2CCOc3cc(-c4ccc(C(=O)NCC#Cc5ccc6occ(C7CCC(=O)NC7=O)c6c5)nc4)ncc32)c2cc(C)c(=O)n(C)c2c1. The number of furan rings is 1. The molecule has 6 heterocycles. The lowest BCUT2D eigenvalue weighted by Crippen LogP contribution is -2.39. The zero-order valence-corrected chi connectivity index (χ0v) is 29.7. The number of rotatable bonds is 6. The quantitative estimate of drug-likeness (QED) is 0.179. The molecule has 2 N–H and O–H groups in total. The predicted molar refractivity (Wildman–Crippen MR) is 201 cm³/mol. The second-order valence-electron chi connectivity index (χ2n) is 13.1. The van der Waals surface area contributed by atoms with Gasteiger partial charge in [-0.2, -0.15) is 0 Å². The maximum Gasteiger partial charge on any atom is 0.270 e. The van der Waals surface area contributed by atoms with E-state index in [9.17, 15) is 19.2 Å². The van der Waals surface area contributed by atoms with E-state index in [1.165, 1.54) is 0 Å². The molecule has 270 valence electrons. The Labute approximate surface area is 308 Å². The van der Waals surface area contributed by atoms with Crippen LogP contribution in [-0.4, -0.2) is 59.1 Å². The van der Waals surface area contributed by atoms with E-state index in [1.54, 1.807) is 61.6 Å². The van der Waals surface area contributed by atoms with Crippen molar-refractivity contribution in [3.63, 3.8) is 0 Å². The van der Waals surface area contributed by atoms with Gasteiger partial charge in [-0.15, -0.1) is 0 Å². The van der Waals surface area contributed by atoms with E-state index in [0.29, 0.717) is 64.6 Å². The number of nitrogens with one attached hydrogen (secondary N) is 2. The number of aryl methyl sites for hydroxylation is 2. The summed E-state index contributed by atoms with van der Waals surface area (Å²) in [7, 11) is 3.36. The molecule has 3 amide bonds. The number of anilines is 2. The third kappa shape index (κ3) is 6.28. The number of aromatic nitrogens is 3. The highest BCUT2D eigenvalue weighted by Crippen LogP contribution is 2.42. The van der Waals surface area contributed by atoms with E-state index in [4.69, 9.17) is 18.9 Å². The molecular weight excluding hydrogens is 688 g/mol. The van der Waals surface area contributed by atoms with Gasteiger partial charge in [-0.3, -0.25) is 34.5 Å². The molecule has 8 rings (SSSR count). The number of hydrogen-bond donors (Lipinski definition) is 2. The Morgan fingerprint density at radius 2 is 1.91 bits per heavy atom. The summed E-state index contributed by atoms with van der Waals surface area (Å²) in [4.78, 5) is 60.9. The fourth-order valence-electron chi connectivity index (χ4n) is 6.97. The van der Waals surface area contributed by atoms with Crippen molar-refractivity contribution in [1.29, 1.82) is 0 Å². The van der Waals surface area contributed by atoms with E-state index in [-0.39, 0.29) is 41.9 Å². The third-order valence-corrected chi connectivity index (χ3v) is 9.79. The number of imide groups is 1. The van der Waals surface area contributed by atoms with Crippen LogP contribution in [0, 0.1) is 18.8 Å². The zero-order chi connectivity index (χ0) is 37.5. The summed E-state index contributed by atoms with van der Waals surface area (Å²) in [5.74, 6) is 5.83. The van der Waals surface area contributed by atoms with Crippen molar-refractivity contribution < 1.29 is 28.3 Å². The summed E-state index contributed by atoms with van der Waals surface area (Å²) >= 11 is 0. The second-order valence-corrected chi connectivity index (χ2v) is 13.1. The van der Waals surface area contributed by atoms with Crippen LogP contribution in [0.15, 0.2) is 82.5 Å².